The minimum Gasteiger partial charge on any atom is -0.482 e. The van der Waals surface area contributed by atoms with E-state index in [0.717, 1.165) is 17.2 Å². The fourth-order valence-electron chi connectivity index (χ4n) is 3.44. The van der Waals surface area contributed by atoms with Crippen LogP contribution in [0.1, 0.15) is 60.9 Å². The molecule has 0 atom stereocenters. The van der Waals surface area contributed by atoms with Crippen LogP contribution in [0.15, 0.2) is 40.9 Å². The van der Waals surface area contributed by atoms with E-state index < -0.39 is 23.3 Å². The molecule has 2 aromatic rings. The summed E-state index contributed by atoms with van der Waals surface area (Å²) in [7, 11) is 0. The molecule has 0 bridgehead atoms. The van der Waals surface area contributed by atoms with E-state index in [1.807, 2.05) is 13.8 Å². The SMILES string of the molecule is CCOC(=O)c1ccc(NC(=O)c2cc(Br)c3c(c2)C(C(C)C)=CC(C)(C)O3)cc1F. The van der Waals surface area contributed by atoms with Gasteiger partial charge in [-0.3, -0.25) is 4.79 Å². The van der Waals surface area contributed by atoms with Crippen molar-refractivity contribution in [3.8, 4) is 5.75 Å². The van der Waals surface area contributed by atoms with E-state index >= 15 is 0 Å². The molecule has 3 rings (SSSR count). The predicted octanol–water partition coefficient (Wildman–Crippen LogP) is 6.23. The van der Waals surface area contributed by atoms with Crippen molar-refractivity contribution in [1.29, 1.82) is 0 Å². The second kappa shape index (κ2) is 8.83. The number of amides is 1. The lowest BCUT2D eigenvalue weighted by molar-refractivity contribution is 0.0521. The van der Waals surface area contributed by atoms with Crippen molar-refractivity contribution >= 4 is 39.1 Å². The first-order valence-corrected chi connectivity index (χ1v) is 10.9. The number of nitrogens with one attached hydrogen (secondary N) is 1. The van der Waals surface area contributed by atoms with Gasteiger partial charge in [0, 0.05) is 16.8 Å². The zero-order chi connectivity index (χ0) is 22.9. The summed E-state index contributed by atoms with van der Waals surface area (Å²) in [4.78, 5) is 24.6. The van der Waals surface area contributed by atoms with E-state index in [2.05, 4.69) is 41.2 Å². The molecule has 1 heterocycles. The summed E-state index contributed by atoms with van der Waals surface area (Å²) in [5, 5.41) is 2.68. The Morgan fingerprint density at radius 1 is 1.23 bits per heavy atom. The third-order valence-corrected chi connectivity index (χ3v) is 5.42. The Kier molecular flexibility index (Phi) is 6.55. The third-order valence-electron chi connectivity index (χ3n) is 4.83. The summed E-state index contributed by atoms with van der Waals surface area (Å²) in [6.45, 7) is 9.95. The fraction of sp³-hybridized carbons (Fsp3) is 0.333. The maximum Gasteiger partial charge on any atom is 0.341 e. The van der Waals surface area contributed by atoms with Crippen LogP contribution in [-0.4, -0.2) is 24.1 Å². The summed E-state index contributed by atoms with van der Waals surface area (Å²) in [6, 6.07) is 7.31. The molecule has 0 saturated heterocycles. The smallest absolute Gasteiger partial charge is 0.341 e. The van der Waals surface area contributed by atoms with Crippen molar-refractivity contribution in [2.45, 2.75) is 40.2 Å². The van der Waals surface area contributed by atoms with Gasteiger partial charge in [-0.1, -0.05) is 13.8 Å². The van der Waals surface area contributed by atoms with Gasteiger partial charge in [-0.05, 0) is 84.6 Å². The number of esters is 1. The van der Waals surface area contributed by atoms with Gasteiger partial charge in [0.2, 0.25) is 0 Å². The summed E-state index contributed by atoms with van der Waals surface area (Å²) < 4.78 is 25.9. The van der Waals surface area contributed by atoms with E-state index in [1.165, 1.54) is 12.1 Å². The predicted molar refractivity (Wildman–Crippen MR) is 122 cm³/mol. The number of fused-ring (bicyclic) bond motifs is 1. The lowest BCUT2D eigenvalue weighted by atomic mass is 9.87. The second-order valence-corrected chi connectivity index (χ2v) is 9.02. The topological polar surface area (TPSA) is 64.6 Å². The number of benzene rings is 2. The number of halogens is 2. The highest BCUT2D eigenvalue weighted by molar-refractivity contribution is 9.10. The van der Waals surface area contributed by atoms with Gasteiger partial charge in [-0.2, -0.15) is 0 Å². The molecule has 2 aromatic carbocycles. The molecule has 0 spiro atoms. The number of anilines is 1. The molecule has 1 amide bonds. The van der Waals surface area contributed by atoms with Gasteiger partial charge in [0.05, 0.1) is 16.6 Å². The average molecular weight is 490 g/mol. The van der Waals surface area contributed by atoms with Crippen LogP contribution >= 0.6 is 15.9 Å². The van der Waals surface area contributed by atoms with Crippen LogP contribution in [0.4, 0.5) is 10.1 Å². The Labute approximate surface area is 189 Å². The van der Waals surface area contributed by atoms with Gasteiger partial charge in [-0.15, -0.1) is 0 Å². The Morgan fingerprint density at radius 2 is 1.94 bits per heavy atom. The van der Waals surface area contributed by atoms with Crippen molar-refractivity contribution in [2.24, 2.45) is 5.92 Å². The van der Waals surface area contributed by atoms with Crippen molar-refractivity contribution in [1.82, 2.24) is 0 Å². The average Bonchev–Trinajstić information content (AvgIpc) is 2.67. The molecule has 0 aliphatic carbocycles. The molecule has 0 unspecified atom stereocenters. The summed E-state index contributed by atoms with van der Waals surface area (Å²) >= 11 is 3.52. The third kappa shape index (κ3) is 4.98. The number of carbonyl (C=O) groups is 2. The molecular weight excluding hydrogens is 465 g/mol. The van der Waals surface area contributed by atoms with Crippen LogP contribution in [-0.2, 0) is 4.74 Å². The van der Waals surface area contributed by atoms with E-state index in [1.54, 1.807) is 19.1 Å². The lowest BCUT2D eigenvalue weighted by Crippen LogP contribution is -2.30. The molecule has 5 nitrogen and oxygen atoms in total. The molecule has 0 saturated carbocycles. The van der Waals surface area contributed by atoms with Crippen molar-refractivity contribution in [3.63, 3.8) is 0 Å². The molecule has 1 aliphatic rings. The van der Waals surface area contributed by atoms with E-state index in [4.69, 9.17) is 9.47 Å². The number of carbonyl (C=O) groups excluding carboxylic acids is 2. The monoisotopic (exact) mass is 489 g/mol. The Hall–Kier alpha value is -2.67. The maximum atomic E-state index is 14.3. The van der Waals surface area contributed by atoms with E-state index in [0.29, 0.717) is 15.8 Å². The lowest BCUT2D eigenvalue weighted by Gasteiger charge is -2.33. The molecule has 1 aliphatic heterocycles. The van der Waals surface area contributed by atoms with Crippen LogP contribution in [0.2, 0.25) is 0 Å². The quantitative estimate of drug-likeness (QED) is 0.505. The van der Waals surface area contributed by atoms with Gasteiger partial charge in [0.25, 0.3) is 5.91 Å². The van der Waals surface area contributed by atoms with Crippen molar-refractivity contribution in [2.75, 3.05) is 11.9 Å². The fourth-order valence-corrected chi connectivity index (χ4v) is 3.98. The Balaban J connectivity index is 1.90. The normalized spacial score (nSPS) is 14.4. The van der Waals surface area contributed by atoms with Crippen molar-refractivity contribution in [3.05, 3.63) is 63.4 Å². The van der Waals surface area contributed by atoms with Crippen LogP contribution in [0.25, 0.3) is 5.57 Å². The highest BCUT2D eigenvalue weighted by atomic mass is 79.9. The first kappa shape index (κ1) is 23.0. The zero-order valence-corrected chi connectivity index (χ0v) is 19.7. The van der Waals surface area contributed by atoms with Crippen LogP contribution in [0.5, 0.6) is 5.75 Å². The summed E-state index contributed by atoms with van der Waals surface area (Å²) in [5.74, 6) is -0.982. The van der Waals surface area contributed by atoms with E-state index in [-0.39, 0.29) is 23.8 Å². The number of hydrogen-bond donors (Lipinski definition) is 1. The number of hydrogen-bond acceptors (Lipinski definition) is 4. The highest BCUT2D eigenvalue weighted by Gasteiger charge is 2.30. The van der Waals surface area contributed by atoms with Crippen LogP contribution in [0.3, 0.4) is 0 Å². The molecule has 0 aromatic heterocycles. The van der Waals surface area contributed by atoms with Crippen molar-refractivity contribution < 1.29 is 23.5 Å². The molecular formula is C24H25BrFNO4. The number of ether oxygens (including phenoxy) is 2. The molecule has 7 heteroatoms. The number of rotatable bonds is 5. The van der Waals surface area contributed by atoms with Crippen LogP contribution < -0.4 is 10.1 Å². The van der Waals surface area contributed by atoms with Gasteiger partial charge in [0.1, 0.15) is 17.2 Å². The van der Waals surface area contributed by atoms with Gasteiger partial charge >= 0.3 is 5.97 Å². The van der Waals surface area contributed by atoms with Gasteiger partial charge < -0.3 is 14.8 Å². The molecule has 31 heavy (non-hydrogen) atoms. The largest absolute Gasteiger partial charge is 0.482 e. The highest BCUT2D eigenvalue weighted by Crippen LogP contribution is 2.44. The molecule has 0 radical (unpaired) electrons. The minimum absolute atomic E-state index is 0.150. The standard InChI is InChI=1S/C24H25BrFNO4/c1-6-30-23(29)16-8-7-15(11-20(16)26)27-22(28)14-9-17-18(13(2)3)12-24(4,5)31-21(17)19(25)10-14/h7-13H,6H2,1-5H3,(H,27,28). The first-order chi connectivity index (χ1) is 14.5. The molecule has 164 valence electrons. The summed E-state index contributed by atoms with van der Waals surface area (Å²) in [5.41, 5.74) is 1.93. The zero-order valence-electron chi connectivity index (χ0n) is 18.1. The Bertz CT molecular complexity index is 1080. The van der Waals surface area contributed by atoms with Gasteiger partial charge in [0.15, 0.2) is 0 Å². The maximum absolute atomic E-state index is 14.3. The Morgan fingerprint density at radius 3 is 2.55 bits per heavy atom. The molecule has 0 fully saturated rings. The second-order valence-electron chi connectivity index (χ2n) is 8.16. The van der Waals surface area contributed by atoms with E-state index in [9.17, 15) is 14.0 Å². The number of allylic oxidation sites excluding steroid dienone is 1. The molecule has 1 N–H and O–H groups in total. The minimum atomic E-state index is -0.761. The van der Waals surface area contributed by atoms with Crippen LogP contribution in [0, 0.1) is 11.7 Å². The van der Waals surface area contributed by atoms with Gasteiger partial charge in [-0.25, -0.2) is 9.18 Å². The summed E-state index contributed by atoms with van der Waals surface area (Å²) in [6.07, 6.45) is 2.07. The first-order valence-electron chi connectivity index (χ1n) is 10.1.